The Kier molecular flexibility index (Phi) is 9.50. The third-order valence-electron chi connectivity index (χ3n) is 4.54. The lowest BCUT2D eigenvalue weighted by atomic mass is 9.94. The molecule has 1 saturated heterocycles. The molecule has 29 heavy (non-hydrogen) atoms. The highest BCUT2D eigenvalue weighted by atomic mass is 35.5. The van der Waals surface area contributed by atoms with Crippen LogP contribution in [0.1, 0.15) is 22.7 Å². The van der Waals surface area contributed by atoms with Crippen LogP contribution in [0.5, 0.6) is 5.75 Å². The Morgan fingerprint density at radius 2 is 1.62 bits per heavy atom. The summed E-state index contributed by atoms with van der Waals surface area (Å²) >= 11 is 6.43. The smallest absolute Gasteiger partial charge is 0.406 e. The average molecular weight is 476 g/mol. The summed E-state index contributed by atoms with van der Waals surface area (Å²) in [6.45, 7) is 4.58. The minimum absolute atomic E-state index is 0. The average Bonchev–Trinajstić information content (AvgIpc) is 2.62. The van der Waals surface area contributed by atoms with E-state index in [1.807, 2.05) is 0 Å². The Balaban J connectivity index is 0.00000210. The molecule has 0 aliphatic carbocycles. The van der Waals surface area contributed by atoms with E-state index in [1.54, 1.807) is 13.0 Å². The first-order chi connectivity index (χ1) is 12.8. The highest BCUT2D eigenvalue weighted by Gasteiger charge is 2.32. The third kappa shape index (κ3) is 6.36. The molecular formula is C19H21Cl3F4N2O. The molecule has 2 aromatic carbocycles. The van der Waals surface area contributed by atoms with Gasteiger partial charge in [-0.1, -0.05) is 29.8 Å². The van der Waals surface area contributed by atoms with Crippen LogP contribution >= 0.6 is 36.4 Å². The molecule has 1 aliphatic rings. The first kappa shape index (κ1) is 25.8. The van der Waals surface area contributed by atoms with E-state index in [0.717, 1.165) is 18.7 Å². The molecule has 3 rings (SSSR count). The molecule has 0 bridgehead atoms. The Morgan fingerprint density at radius 3 is 2.17 bits per heavy atom. The van der Waals surface area contributed by atoms with Crippen molar-refractivity contribution in [2.75, 3.05) is 26.2 Å². The van der Waals surface area contributed by atoms with Crippen molar-refractivity contribution in [1.29, 1.82) is 0 Å². The van der Waals surface area contributed by atoms with Crippen LogP contribution in [0.25, 0.3) is 0 Å². The summed E-state index contributed by atoms with van der Waals surface area (Å²) in [5.41, 5.74) is 1.73. The molecule has 0 amide bonds. The van der Waals surface area contributed by atoms with Crippen LogP contribution in [0.4, 0.5) is 17.6 Å². The van der Waals surface area contributed by atoms with Gasteiger partial charge in [0.1, 0.15) is 11.6 Å². The summed E-state index contributed by atoms with van der Waals surface area (Å²) in [5.74, 6) is -0.758. The molecule has 3 nitrogen and oxygen atoms in total. The molecule has 0 unspecified atom stereocenters. The van der Waals surface area contributed by atoms with E-state index in [2.05, 4.69) is 15.0 Å². The van der Waals surface area contributed by atoms with Crippen molar-refractivity contribution >= 4 is 36.4 Å². The second-order valence-electron chi connectivity index (χ2n) is 6.40. The fraction of sp³-hybridized carbons (Fsp3) is 0.368. The Hall–Kier alpha value is -1.25. The first-order valence-corrected chi connectivity index (χ1v) is 8.89. The standard InChI is InChI=1S/C19H19ClF4N2O.2ClH/c1-12-2-7-15(21)16(17(12)20)18(26-10-8-25-9-11-26)13-3-5-14(6-4-13)27-19(22,23)24;;/h2-7,18,25H,8-11H2,1H3;2*1H/t18-;;/m1../s1. The maximum atomic E-state index is 14.7. The summed E-state index contributed by atoms with van der Waals surface area (Å²) in [5, 5.41) is 3.56. The predicted octanol–water partition coefficient (Wildman–Crippen LogP) is 5.52. The quantitative estimate of drug-likeness (QED) is 0.589. The zero-order valence-corrected chi connectivity index (χ0v) is 17.8. The van der Waals surface area contributed by atoms with Gasteiger partial charge in [-0.15, -0.1) is 38.0 Å². The van der Waals surface area contributed by atoms with E-state index >= 15 is 0 Å². The highest BCUT2D eigenvalue weighted by molar-refractivity contribution is 6.32. The highest BCUT2D eigenvalue weighted by Crippen LogP contribution is 2.37. The van der Waals surface area contributed by atoms with E-state index in [0.29, 0.717) is 29.2 Å². The van der Waals surface area contributed by atoms with Crippen LogP contribution in [0.3, 0.4) is 0 Å². The van der Waals surface area contributed by atoms with Crippen molar-refractivity contribution in [2.24, 2.45) is 0 Å². The fourth-order valence-corrected chi connectivity index (χ4v) is 3.54. The number of halogens is 7. The van der Waals surface area contributed by atoms with Crippen LogP contribution in [0.15, 0.2) is 36.4 Å². The maximum absolute atomic E-state index is 14.7. The lowest BCUT2D eigenvalue weighted by molar-refractivity contribution is -0.274. The minimum atomic E-state index is -4.76. The lowest BCUT2D eigenvalue weighted by Gasteiger charge is -2.36. The van der Waals surface area contributed by atoms with Gasteiger partial charge in [0.2, 0.25) is 0 Å². The van der Waals surface area contributed by atoms with E-state index in [9.17, 15) is 17.6 Å². The minimum Gasteiger partial charge on any atom is -0.406 e. The number of alkyl halides is 3. The van der Waals surface area contributed by atoms with Gasteiger partial charge in [-0.3, -0.25) is 4.90 Å². The largest absolute Gasteiger partial charge is 0.573 e. The third-order valence-corrected chi connectivity index (χ3v) is 5.04. The van der Waals surface area contributed by atoms with Crippen molar-refractivity contribution in [3.8, 4) is 5.75 Å². The van der Waals surface area contributed by atoms with Crippen LogP contribution in [0.2, 0.25) is 5.02 Å². The summed E-state index contributed by atoms with van der Waals surface area (Å²) < 4.78 is 55.9. The number of aryl methyl sites for hydroxylation is 1. The number of piperazine rings is 1. The van der Waals surface area contributed by atoms with Crippen molar-refractivity contribution in [3.05, 3.63) is 63.9 Å². The molecule has 1 fully saturated rings. The number of ether oxygens (including phenoxy) is 1. The number of rotatable bonds is 4. The maximum Gasteiger partial charge on any atom is 0.573 e. The normalized spacial score (nSPS) is 15.8. The second-order valence-corrected chi connectivity index (χ2v) is 6.78. The Morgan fingerprint density at radius 1 is 1.03 bits per heavy atom. The van der Waals surface area contributed by atoms with Crippen molar-refractivity contribution < 1.29 is 22.3 Å². The molecule has 0 aromatic heterocycles. The van der Waals surface area contributed by atoms with Crippen molar-refractivity contribution in [3.63, 3.8) is 0 Å². The van der Waals surface area contributed by atoms with Gasteiger partial charge in [0.05, 0.1) is 11.1 Å². The van der Waals surface area contributed by atoms with E-state index in [1.165, 1.54) is 30.3 Å². The van der Waals surface area contributed by atoms with Crippen molar-refractivity contribution in [1.82, 2.24) is 10.2 Å². The number of hydrogen-bond donors (Lipinski definition) is 1. The van der Waals surface area contributed by atoms with Crippen LogP contribution < -0.4 is 10.1 Å². The number of nitrogens with one attached hydrogen (secondary N) is 1. The van der Waals surface area contributed by atoms with Gasteiger partial charge in [-0.2, -0.15) is 0 Å². The van der Waals surface area contributed by atoms with E-state index in [4.69, 9.17) is 11.6 Å². The molecule has 1 N–H and O–H groups in total. The molecule has 0 spiro atoms. The van der Waals surface area contributed by atoms with E-state index < -0.39 is 18.2 Å². The van der Waals surface area contributed by atoms with Gasteiger partial charge in [-0.25, -0.2) is 4.39 Å². The summed E-state index contributed by atoms with van der Waals surface area (Å²) in [7, 11) is 0. The first-order valence-electron chi connectivity index (χ1n) is 8.51. The molecular weight excluding hydrogens is 455 g/mol. The SMILES string of the molecule is Cc1ccc(F)c([C@@H](c2ccc(OC(F)(F)F)cc2)N2CCNCC2)c1Cl.Cl.Cl. The monoisotopic (exact) mass is 474 g/mol. The second kappa shape index (κ2) is 10.7. The molecule has 162 valence electrons. The molecule has 10 heteroatoms. The van der Waals surface area contributed by atoms with Gasteiger partial charge < -0.3 is 10.1 Å². The Labute approximate surface area is 184 Å². The van der Waals surface area contributed by atoms with Gasteiger partial charge in [0.25, 0.3) is 0 Å². The molecule has 1 aliphatic heterocycles. The molecule has 1 atom stereocenters. The Bertz CT molecular complexity index is 797. The lowest BCUT2D eigenvalue weighted by Crippen LogP contribution is -2.45. The molecule has 0 radical (unpaired) electrons. The molecule has 0 saturated carbocycles. The topological polar surface area (TPSA) is 24.5 Å². The zero-order valence-electron chi connectivity index (χ0n) is 15.4. The molecule has 1 heterocycles. The van der Waals surface area contributed by atoms with E-state index in [-0.39, 0.29) is 30.6 Å². The number of benzene rings is 2. The van der Waals surface area contributed by atoms with Crippen molar-refractivity contribution in [2.45, 2.75) is 19.3 Å². The van der Waals surface area contributed by atoms with Gasteiger partial charge in [-0.05, 0) is 36.2 Å². The summed E-state index contributed by atoms with van der Waals surface area (Å²) in [6.07, 6.45) is -4.76. The zero-order chi connectivity index (χ0) is 19.6. The fourth-order valence-electron chi connectivity index (χ4n) is 3.28. The van der Waals surface area contributed by atoms with Gasteiger partial charge >= 0.3 is 6.36 Å². The number of nitrogens with zero attached hydrogens (tertiary/aromatic N) is 1. The van der Waals surface area contributed by atoms with Gasteiger partial charge in [0, 0.05) is 31.7 Å². The van der Waals surface area contributed by atoms with Crippen LogP contribution in [0, 0.1) is 12.7 Å². The summed E-state index contributed by atoms with van der Waals surface area (Å²) in [6, 6.07) is 7.99. The van der Waals surface area contributed by atoms with Gasteiger partial charge in [0.15, 0.2) is 0 Å². The van der Waals surface area contributed by atoms with Crippen LogP contribution in [-0.2, 0) is 0 Å². The predicted molar refractivity (Wildman–Crippen MR) is 110 cm³/mol. The summed E-state index contributed by atoms with van der Waals surface area (Å²) in [4.78, 5) is 2.07. The van der Waals surface area contributed by atoms with Crippen LogP contribution in [-0.4, -0.2) is 37.4 Å². The molecule has 2 aromatic rings. The number of hydrogen-bond acceptors (Lipinski definition) is 3.